The highest BCUT2D eigenvalue weighted by Gasteiger charge is 2.28. The molecule has 1 saturated heterocycles. The van der Waals surface area contributed by atoms with Gasteiger partial charge in [0.15, 0.2) is 0 Å². The van der Waals surface area contributed by atoms with Crippen LogP contribution in [0.2, 0.25) is 0 Å². The first kappa shape index (κ1) is 13.0. The summed E-state index contributed by atoms with van der Waals surface area (Å²) in [7, 11) is 0. The Bertz CT molecular complexity index is 185. The molecule has 0 spiro atoms. The Kier molecular flexibility index (Phi) is 4.19. The first-order chi connectivity index (χ1) is 6.79. The van der Waals surface area contributed by atoms with Gasteiger partial charge in [-0.2, -0.15) is 0 Å². The van der Waals surface area contributed by atoms with E-state index in [9.17, 15) is 0 Å². The van der Waals surface area contributed by atoms with E-state index in [1.165, 1.54) is 32.4 Å². The third-order valence-electron chi connectivity index (χ3n) is 2.91. The number of nitrogens with one attached hydrogen (secondary N) is 2. The van der Waals surface area contributed by atoms with Crippen molar-refractivity contribution in [3.63, 3.8) is 0 Å². The Morgan fingerprint density at radius 3 is 2.07 bits per heavy atom. The van der Waals surface area contributed by atoms with E-state index < -0.39 is 0 Å². The lowest BCUT2D eigenvalue weighted by Gasteiger charge is -2.38. The molecule has 0 aromatic heterocycles. The first-order valence-electron chi connectivity index (χ1n) is 6.27. The summed E-state index contributed by atoms with van der Waals surface area (Å²) >= 11 is 0. The molecule has 0 bridgehead atoms. The highest BCUT2D eigenvalue weighted by Crippen LogP contribution is 2.27. The van der Waals surface area contributed by atoms with Crippen LogP contribution in [0.1, 0.15) is 53.9 Å². The average molecular weight is 212 g/mol. The van der Waals surface area contributed by atoms with Gasteiger partial charge in [0, 0.05) is 11.6 Å². The fourth-order valence-corrected chi connectivity index (χ4v) is 2.90. The fraction of sp³-hybridized carbons (Fsp3) is 1.00. The van der Waals surface area contributed by atoms with Crippen LogP contribution >= 0.6 is 0 Å². The third kappa shape index (κ3) is 5.53. The number of piperidine rings is 1. The number of hydrogen-bond donors (Lipinski definition) is 2. The monoisotopic (exact) mass is 212 g/mol. The van der Waals surface area contributed by atoms with Gasteiger partial charge in [0.05, 0.1) is 0 Å². The maximum absolute atomic E-state index is 3.81. The van der Waals surface area contributed by atoms with Crippen LogP contribution in [0.25, 0.3) is 0 Å². The van der Waals surface area contributed by atoms with Gasteiger partial charge in [-0.25, -0.2) is 0 Å². The summed E-state index contributed by atoms with van der Waals surface area (Å²) in [6.45, 7) is 14.0. The lowest BCUT2D eigenvalue weighted by molar-refractivity contribution is 0.207. The van der Waals surface area contributed by atoms with Crippen LogP contribution in [0.4, 0.5) is 0 Å². The molecular formula is C13H28N2. The maximum Gasteiger partial charge on any atom is 0.0132 e. The number of hydrogen-bond acceptors (Lipinski definition) is 2. The van der Waals surface area contributed by atoms with Crippen molar-refractivity contribution < 1.29 is 0 Å². The van der Waals surface area contributed by atoms with Gasteiger partial charge >= 0.3 is 0 Å². The van der Waals surface area contributed by atoms with Crippen molar-refractivity contribution in [2.24, 2.45) is 5.41 Å². The second-order valence-electron chi connectivity index (χ2n) is 6.79. The lowest BCUT2D eigenvalue weighted by atomic mass is 9.81. The van der Waals surface area contributed by atoms with E-state index in [2.05, 4.69) is 45.3 Å². The standard InChI is InChI=1S/C13H28N2/c1-12(2,3)10-13(4,5)15-11-6-8-14-9-7-11/h11,14-15H,6-10H2,1-5H3. The molecule has 15 heavy (non-hydrogen) atoms. The van der Waals surface area contributed by atoms with Gasteiger partial charge in [-0.1, -0.05) is 20.8 Å². The summed E-state index contributed by atoms with van der Waals surface area (Å²) in [4.78, 5) is 0. The highest BCUT2D eigenvalue weighted by molar-refractivity contribution is 4.88. The van der Waals surface area contributed by atoms with Crippen molar-refractivity contribution in [3.05, 3.63) is 0 Å². The van der Waals surface area contributed by atoms with Crippen molar-refractivity contribution in [2.45, 2.75) is 65.5 Å². The zero-order chi connectivity index (χ0) is 11.5. The molecule has 0 unspecified atom stereocenters. The summed E-state index contributed by atoms with van der Waals surface area (Å²) < 4.78 is 0. The minimum Gasteiger partial charge on any atom is -0.317 e. The first-order valence-corrected chi connectivity index (χ1v) is 6.27. The normalized spacial score (nSPS) is 20.6. The van der Waals surface area contributed by atoms with Gasteiger partial charge in [0.2, 0.25) is 0 Å². The summed E-state index contributed by atoms with van der Waals surface area (Å²) in [5.41, 5.74) is 0.670. The predicted molar refractivity (Wildman–Crippen MR) is 67.2 cm³/mol. The van der Waals surface area contributed by atoms with Crippen LogP contribution in [0.3, 0.4) is 0 Å². The second kappa shape index (κ2) is 4.84. The molecule has 0 amide bonds. The Labute approximate surface area is 95.2 Å². The molecule has 2 nitrogen and oxygen atoms in total. The molecule has 0 saturated carbocycles. The second-order valence-corrected chi connectivity index (χ2v) is 6.79. The molecule has 2 heteroatoms. The molecule has 1 aliphatic rings. The summed E-state index contributed by atoms with van der Waals surface area (Å²) in [6, 6.07) is 0.712. The Balaban J connectivity index is 2.40. The maximum atomic E-state index is 3.81. The quantitative estimate of drug-likeness (QED) is 0.751. The van der Waals surface area contributed by atoms with E-state index in [1.54, 1.807) is 0 Å². The Hall–Kier alpha value is -0.0800. The van der Waals surface area contributed by atoms with Crippen LogP contribution < -0.4 is 10.6 Å². The van der Waals surface area contributed by atoms with Crippen molar-refractivity contribution in [2.75, 3.05) is 13.1 Å². The Morgan fingerprint density at radius 1 is 1.07 bits per heavy atom. The van der Waals surface area contributed by atoms with Gasteiger partial charge in [0.25, 0.3) is 0 Å². The van der Waals surface area contributed by atoms with Crippen LogP contribution in [0.5, 0.6) is 0 Å². The van der Waals surface area contributed by atoms with E-state index in [0.29, 0.717) is 11.5 Å². The molecule has 0 radical (unpaired) electrons. The molecule has 0 atom stereocenters. The third-order valence-corrected chi connectivity index (χ3v) is 2.91. The highest BCUT2D eigenvalue weighted by atomic mass is 15.0. The molecule has 1 rings (SSSR count). The average Bonchev–Trinajstić information content (AvgIpc) is 1.99. The van der Waals surface area contributed by atoms with Crippen molar-refractivity contribution in [1.82, 2.24) is 10.6 Å². The van der Waals surface area contributed by atoms with Crippen LogP contribution in [0.15, 0.2) is 0 Å². The molecule has 90 valence electrons. The van der Waals surface area contributed by atoms with Crippen LogP contribution in [-0.2, 0) is 0 Å². The zero-order valence-electron chi connectivity index (χ0n) is 11.1. The molecule has 1 heterocycles. The smallest absolute Gasteiger partial charge is 0.0132 e. The van der Waals surface area contributed by atoms with E-state index in [4.69, 9.17) is 0 Å². The van der Waals surface area contributed by atoms with E-state index >= 15 is 0 Å². The van der Waals surface area contributed by atoms with Gasteiger partial charge in [-0.05, 0) is 51.6 Å². The minimum atomic E-state index is 0.264. The zero-order valence-corrected chi connectivity index (χ0v) is 11.1. The molecule has 1 fully saturated rings. The largest absolute Gasteiger partial charge is 0.317 e. The van der Waals surface area contributed by atoms with E-state index in [-0.39, 0.29) is 5.54 Å². The molecule has 0 aromatic carbocycles. The minimum absolute atomic E-state index is 0.264. The van der Waals surface area contributed by atoms with Gasteiger partial charge in [-0.15, -0.1) is 0 Å². The molecule has 1 aliphatic heterocycles. The van der Waals surface area contributed by atoms with Gasteiger partial charge < -0.3 is 10.6 Å². The molecule has 0 aliphatic carbocycles. The van der Waals surface area contributed by atoms with Crippen molar-refractivity contribution in [3.8, 4) is 0 Å². The fourth-order valence-electron chi connectivity index (χ4n) is 2.90. The Morgan fingerprint density at radius 2 is 1.60 bits per heavy atom. The SMILES string of the molecule is CC(C)(C)CC(C)(C)NC1CCNCC1. The molecule has 0 aromatic rings. The molecular weight excluding hydrogens is 184 g/mol. The van der Waals surface area contributed by atoms with Gasteiger partial charge in [0.1, 0.15) is 0 Å². The summed E-state index contributed by atoms with van der Waals surface area (Å²) in [5.74, 6) is 0. The van der Waals surface area contributed by atoms with Gasteiger partial charge in [-0.3, -0.25) is 0 Å². The van der Waals surface area contributed by atoms with Crippen molar-refractivity contribution in [1.29, 1.82) is 0 Å². The van der Waals surface area contributed by atoms with E-state index in [1.807, 2.05) is 0 Å². The molecule has 2 N–H and O–H groups in total. The van der Waals surface area contributed by atoms with Crippen LogP contribution in [-0.4, -0.2) is 24.7 Å². The van der Waals surface area contributed by atoms with Crippen LogP contribution in [0, 0.1) is 5.41 Å². The number of rotatable bonds is 3. The lowest BCUT2D eigenvalue weighted by Crippen LogP contribution is -2.51. The predicted octanol–water partition coefficient (Wildman–Crippen LogP) is 2.54. The summed E-state index contributed by atoms with van der Waals surface area (Å²) in [6.07, 6.45) is 3.77. The topological polar surface area (TPSA) is 24.1 Å². The van der Waals surface area contributed by atoms with Crippen molar-refractivity contribution >= 4 is 0 Å². The van der Waals surface area contributed by atoms with E-state index in [0.717, 1.165) is 0 Å². The summed E-state index contributed by atoms with van der Waals surface area (Å²) in [5, 5.41) is 7.22.